The Labute approximate surface area is 115 Å². The number of rotatable bonds is 5. The van der Waals surface area contributed by atoms with Crippen molar-refractivity contribution in [3.05, 3.63) is 26.6 Å². The van der Waals surface area contributed by atoms with Gasteiger partial charge in [0.15, 0.2) is 0 Å². The first-order valence-electron chi connectivity index (χ1n) is 5.68. The van der Waals surface area contributed by atoms with E-state index in [1.165, 1.54) is 5.56 Å². The fourth-order valence-electron chi connectivity index (χ4n) is 1.37. The lowest BCUT2D eigenvalue weighted by atomic mass is 10.0. The Hall–Kier alpha value is -0.0200. The molecule has 0 atom stereocenters. The zero-order valence-corrected chi connectivity index (χ0v) is 13.2. The molecule has 0 radical (unpaired) electrons. The van der Waals surface area contributed by atoms with Gasteiger partial charge in [0.2, 0.25) is 0 Å². The maximum atomic E-state index is 5.75. The predicted molar refractivity (Wildman–Crippen MR) is 76.3 cm³/mol. The molecule has 0 aliphatic carbocycles. The molecule has 1 aromatic carbocycles. The third-order valence-electron chi connectivity index (χ3n) is 2.43. The van der Waals surface area contributed by atoms with Crippen molar-refractivity contribution in [1.29, 1.82) is 0 Å². The van der Waals surface area contributed by atoms with Gasteiger partial charge in [-0.15, -0.1) is 0 Å². The molecule has 0 aliphatic heterocycles. The molecule has 0 fully saturated rings. The molecule has 0 spiro atoms. The minimum Gasteiger partial charge on any atom is -0.491 e. The van der Waals surface area contributed by atoms with E-state index in [1.54, 1.807) is 0 Å². The van der Waals surface area contributed by atoms with Crippen LogP contribution in [0.4, 0.5) is 0 Å². The zero-order chi connectivity index (χ0) is 12.1. The van der Waals surface area contributed by atoms with Gasteiger partial charge in [-0.05, 0) is 61.9 Å². The van der Waals surface area contributed by atoms with Crippen molar-refractivity contribution >= 4 is 31.9 Å². The maximum Gasteiger partial charge on any atom is 0.147 e. The highest BCUT2D eigenvalue weighted by Crippen LogP contribution is 2.36. The average molecular weight is 350 g/mol. The third-order valence-corrected chi connectivity index (χ3v) is 3.61. The van der Waals surface area contributed by atoms with E-state index in [0.717, 1.165) is 34.1 Å². The number of benzene rings is 1. The van der Waals surface area contributed by atoms with Crippen molar-refractivity contribution in [2.24, 2.45) is 0 Å². The quantitative estimate of drug-likeness (QED) is 0.636. The predicted octanol–water partition coefficient (Wildman–Crippen LogP) is 5.51. The van der Waals surface area contributed by atoms with E-state index in [4.69, 9.17) is 4.74 Å². The first-order chi connectivity index (χ1) is 7.56. The van der Waals surface area contributed by atoms with Gasteiger partial charge in [-0.1, -0.05) is 27.2 Å². The average Bonchev–Trinajstić information content (AvgIpc) is 2.21. The molecule has 0 aromatic heterocycles. The van der Waals surface area contributed by atoms with Crippen LogP contribution in [0.5, 0.6) is 5.75 Å². The van der Waals surface area contributed by atoms with E-state index < -0.39 is 0 Å². The second kappa shape index (κ2) is 6.65. The SMILES string of the molecule is CCCCOc1c(Br)cc(C(C)C)cc1Br. The smallest absolute Gasteiger partial charge is 0.147 e. The van der Waals surface area contributed by atoms with Gasteiger partial charge in [0.05, 0.1) is 15.6 Å². The van der Waals surface area contributed by atoms with Crippen molar-refractivity contribution in [3.63, 3.8) is 0 Å². The van der Waals surface area contributed by atoms with Crippen molar-refractivity contribution in [2.75, 3.05) is 6.61 Å². The first-order valence-corrected chi connectivity index (χ1v) is 7.26. The summed E-state index contributed by atoms with van der Waals surface area (Å²) in [5, 5.41) is 0. The molecule has 0 aliphatic rings. The summed E-state index contributed by atoms with van der Waals surface area (Å²) in [5.41, 5.74) is 1.31. The van der Waals surface area contributed by atoms with Gasteiger partial charge in [-0.2, -0.15) is 0 Å². The molecule has 0 saturated heterocycles. The molecule has 0 N–H and O–H groups in total. The van der Waals surface area contributed by atoms with Crippen molar-refractivity contribution in [1.82, 2.24) is 0 Å². The molecule has 1 rings (SSSR count). The molecule has 0 heterocycles. The first kappa shape index (κ1) is 14.0. The van der Waals surface area contributed by atoms with Crippen LogP contribution in [-0.2, 0) is 0 Å². The summed E-state index contributed by atoms with van der Waals surface area (Å²) >= 11 is 7.13. The Balaban J connectivity index is 2.85. The van der Waals surface area contributed by atoms with Gasteiger partial charge in [0.1, 0.15) is 5.75 Å². The number of halogens is 2. The molecule has 0 saturated carbocycles. The maximum absolute atomic E-state index is 5.75. The molecule has 0 bridgehead atoms. The molecule has 1 nitrogen and oxygen atoms in total. The van der Waals surface area contributed by atoms with Crippen LogP contribution < -0.4 is 4.74 Å². The lowest BCUT2D eigenvalue weighted by Crippen LogP contribution is -1.99. The van der Waals surface area contributed by atoms with Crippen LogP contribution in [0, 0.1) is 0 Å². The van der Waals surface area contributed by atoms with E-state index in [1.807, 2.05) is 0 Å². The summed E-state index contributed by atoms with van der Waals surface area (Å²) in [6, 6.07) is 4.27. The highest BCUT2D eigenvalue weighted by Gasteiger charge is 2.10. The van der Waals surface area contributed by atoms with Crippen LogP contribution in [0.3, 0.4) is 0 Å². The Morgan fingerprint density at radius 2 is 1.75 bits per heavy atom. The highest BCUT2D eigenvalue weighted by molar-refractivity contribution is 9.11. The van der Waals surface area contributed by atoms with Crippen LogP contribution in [0.25, 0.3) is 0 Å². The van der Waals surface area contributed by atoms with Crippen molar-refractivity contribution < 1.29 is 4.74 Å². The Bertz CT molecular complexity index is 325. The monoisotopic (exact) mass is 348 g/mol. The van der Waals surface area contributed by atoms with E-state index in [9.17, 15) is 0 Å². The summed E-state index contributed by atoms with van der Waals surface area (Å²) in [6.07, 6.45) is 2.24. The lowest BCUT2D eigenvalue weighted by Gasteiger charge is -2.13. The third kappa shape index (κ3) is 3.77. The molecular formula is C13H18Br2O. The Kier molecular flexibility index (Phi) is 5.84. The van der Waals surface area contributed by atoms with Gasteiger partial charge in [-0.3, -0.25) is 0 Å². The van der Waals surface area contributed by atoms with Crippen molar-refractivity contribution in [3.8, 4) is 5.75 Å². The van der Waals surface area contributed by atoms with Crippen molar-refractivity contribution in [2.45, 2.75) is 39.5 Å². The second-order valence-electron chi connectivity index (χ2n) is 4.17. The number of unbranched alkanes of at least 4 members (excludes halogenated alkanes) is 1. The highest BCUT2D eigenvalue weighted by atomic mass is 79.9. The van der Waals surface area contributed by atoms with Gasteiger partial charge >= 0.3 is 0 Å². The lowest BCUT2D eigenvalue weighted by molar-refractivity contribution is 0.305. The van der Waals surface area contributed by atoms with Gasteiger partial charge in [-0.25, -0.2) is 0 Å². The number of hydrogen-bond acceptors (Lipinski definition) is 1. The molecule has 16 heavy (non-hydrogen) atoms. The topological polar surface area (TPSA) is 9.23 Å². The second-order valence-corrected chi connectivity index (χ2v) is 5.88. The summed E-state index contributed by atoms with van der Waals surface area (Å²) < 4.78 is 7.81. The fourth-order valence-corrected chi connectivity index (χ4v) is 2.82. The van der Waals surface area contributed by atoms with Crippen LogP contribution in [0.2, 0.25) is 0 Å². The molecule has 90 valence electrons. The molecular weight excluding hydrogens is 332 g/mol. The van der Waals surface area contributed by atoms with E-state index in [2.05, 4.69) is 64.8 Å². The molecule has 3 heteroatoms. The summed E-state index contributed by atoms with van der Waals surface area (Å²) in [5.74, 6) is 1.44. The van der Waals surface area contributed by atoms with Gasteiger partial charge < -0.3 is 4.74 Å². The van der Waals surface area contributed by atoms with Gasteiger partial charge in [0, 0.05) is 0 Å². The standard InChI is InChI=1S/C13H18Br2O/c1-4-5-6-16-13-11(14)7-10(9(2)3)8-12(13)15/h7-9H,4-6H2,1-3H3. The largest absolute Gasteiger partial charge is 0.491 e. The van der Waals surface area contributed by atoms with Crippen LogP contribution in [-0.4, -0.2) is 6.61 Å². The Morgan fingerprint density at radius 1 is 1.19 bits per heavy atom. The van der Waals surface area contributed by atoms with E-state index in [0.29, 0.717) is 5.92 Å². The van der Waals surface area contributed by atoms with E-state index >= 15 is 0 Å². The molecule has 1 aromatic rings. The Morgan fingerprint density at radius 3 is 2.19 bits per heavy atom. The normalized spacial score (nSPS) is 10.9. The van der Waals surface area contributed by atoms with Crippen LogP contribution in [0.15, 0.2) is 21.1 Å². The zero-order valence-electron chi connectivity index (χ0n) is 10.0. The summed E-state index contributed by atoms with van der Waals surface area (Å²) in [6.45, 7) is 7.31. The molecule has 0 amide bonds. The molecule has 0 unspecified atom stereocenters. The minimum absolute atomic E-state index is 0.525. The minimum atomic E-state index is 0.525. The number of hydrogen-bond donors (Lipinski definition) is 0. The van der Waals surface area contributed by atoms with E-state index in [-0.39, 0.29) is 0 Å². The van der Waals surface area contributed by atoms with Gasteiger partial charge in [0.25, 0.3) is 0 Å². The fraction of sp³-hybridized carbons (Fsp3) is 0.538. The van der Waals surface area contributed by atoms with Crippen LogP contribution >= 0.6 is 31.9 Å². The summed E-state index contributed by atoms with van der Waals surface area (Å²) in [4.78, 5) is 0. The summed E-state index contributed by atoms with van der Waals surface area (Å²) in [7, 11) is 0. The number of ether oxygens (including phenoxy) is 1. The van der Waals surface area contributed by atoms with Crippen LogP contribution in [0.1, 0.15) is 45.1 Å².